The zero-order valence-corrected chi connectivity index (χ0v) is 16.9. The second kappa shape index (κ2) is 9.08. The molecule has 0 aliphatic heterocycles. The molecule has 0 bridgehead atoms. The van der Waals surface area contributed by atoms with Crippen molar-refractivity contribution < 1.29 is 18.8 Å². The van der Waals surface area contributed by atoms with Crippen LogP contribution >= 0.6 is 0 Å². The molecule has 0 aliphatic rings. The summed E-state index contributed by atoms with van der Waals surface area (Å²) in [4.78, 5) is 35.6. The summed E-state index contributed by atoms with van der Waals surface area (Å²) in [7, 11) is 0. The lowest BCUT2D eigenvalue weighted by Gasteiger charge is -2.18. The van der Waals surface area contributed by atoms with Crippen molar-refractivity contribution in [3.8, 4) is 0 Å². The Hall–Kier alpha value is -3.88. The molecule has 156 valence electrons. The first-order valence-electron chi connectivity index (χ1n) is 9.36. The maximum atomic E-state index is 12.3. The number of aryl methyl sites for hydroxylation is 2. The predicted octanol–water partition coefficient (Wildman–Crippen LogP) is 2.40. The van der Waals surface area contributed by atoms with E-state index < -0.39 is 11.8 Å². The van der Waals surface area contributed by atoms with Gasteiger partial charge in [-0.1, -0.05) is 0 Å². The molecule has 30 heavy (non-hydrogen) atoms. The number of carbonyl (C=O) groups is 3. The van der Waals surface area contributed by atoms with E-state index in [4.69, 9.17) is 4.42 Å². The van der Waals surface area contributed by atoms with Crippen LogP contribution in [0.3, 0.4) is 0 Å². The van der Waals surface area contributed by atoms with Crippen LogP contribution in [-0.2, 0) is 14.4 Å². The van der Waals surface area contributed by atoms with E-state index in [1.807, 2.05) is 19.9 Å². The molecule has 0 aliphatic carbocycles. The highest BCUT2D eigenvalue weighted by Crippen LogP contribution is 2.20. The van der Waals surface area contributed by atoms with Crippen molar-refractivity contribution >= 4 is 29.1 Å². The van der Waals surface area contributed by atoms with Crippen LogP contribution in [-0.4, -0.2) is 34.0 Å². The Morgan fingerprint density at radius 2 is 1.70 bits per heavy atom. The van der Waals surface area contributed by atoms with Crippen LogP contribution in [0.25, 0.3) is 0 Å². The van der Waals surface area contributed by atoms with E-state index in [1.54, 1.807) is 47.3 Å². The van der Waals surface area contributed by atoms with Crippen molar-refractivity contribution in [2.45, 2.75) is 26.8 Å². The number of nitrogens with zero attached hydrogens (tertiary/aromatic N) is 2. The SMILES string of the molecule is CC(=O)Nc1ccc(NC(=O)C(=O)NCC(c2ccco2)n2nc(C)cc2C)cc1. The van der Waals surface area contributed by atoms with Crippen molar-refractivity contribution in [1.29, 1.82) is 0 Å². The molecule has 1 aromatic carbocycles. The zero-order valence-electron chi connectivity index (χ0n) is 16.9. The topological polar surface area (TPSA) is 118 Å². The summed E-state index contributed by atoms with van der Waals surface area (Å²) in [6, 6.07) is 11.5. The van der Waals surface area contributed by atoms with Crippen molar-refractivity contribution in [3.63, 3.8) is 0 Å². The molecule has 3 N–H and O–H groups in total. The van der Waals surface area contributed by atoms with Crippen molar-refractivity contribution in [2.75, 3.05) is 17.2 Å². The minimum Gasteiger partial charge on any atom is -0.467 e. The first-order valence-corrected chi connectivity index (χ1v) is 9.36. The Labute approximate surface area is 173 Å². The molecule has 0 radical (unpaired) electrons. The van der Waals surface area contributed by atoms with Crippen LogP contribution in [0.2, 0.25) is 0 Å². The average molecular weight is 409 g/mol. The molecule has 0 fully saturated rings. The number of rotatable bonds is 6. The maximum absolute atomic E-state index is 12.3. The van der Waals surface area contributed by atoms with E-state index in [9.17, 15) is 14.4 Å². The van der Waals surface area contributed by atoms with Crippen molar-refractivity contribution in [2.24, 2.45) is 0 Å². The number of benzene rings is 1. The summed E-state index contributed by atoms with van der Waals surface area (Å²) in [5, 5.41) is 12.2. The number of anilines is 2. The summed E-state index contributed by atoms with van der Waals surface area (Å²) >= 11 is 0. The largest absolute Gasteiger partial charge is 0.467 e. The van der Waals surface area contributed by atoms with E-state index in [0.29, 0.717) is 17.1 Å². The van der Waals surface area contributed by atoms with Gasteiger partial charge in [0.15, 0.2) is 0 Å². The van der Waals surface area contributed by atoms with Gasteiger partial charge in [-0.3, -0.25) is 19.1 Å². The fraction of sp³-hybridized carbons (Fsp3) is 0.238. The summed E-state index contributed by atoms with van der Waals surface area (Å²) in [6.45, 7) is 5.33. The number of hydrogen-bond donors (Lipinski definition) is 3. The van der Waals surface area contributed by atoms with Crippen molar-refractivity contribution in [3.05, 3.63) is 65.9 Å². The Bertz CT molecular complexity index is 1040. The van der Waals surface area contributed by atoms with Gasteiger partial charge in [-0.15, -0.1) is 0 Å². The standard InChI is InChI=1S/C21H23N5O4/c1-13-11-14(2)26(25-13)18(19-5-4-10-30-19)12-22-20(28)21(29)24-17-8-6-16(7-9-17)23-15(3)27/h4-11,18H,12H2,1-3H3,(H,22,28)(H,23,27)(H,24,29). The van der Waals surface area contributed by atoms with Gasteiger partial charge in [-0.25, -0.2) is 0 Å². The Morgan fingerprint density at radius 1 is 1.03 bits per heavy atom. The van der Waals surface area contributed by atoms with Gasteiger partial charge in [-0.2, -0.15) is 5.10 Å². The van der Waals surface area contributed by atoms with E-state index in [0.717, 1.165) is 11.4 Å². The first kappa shape index (κ1) is 20.8. The minimum atomic E-state index is -0.797. The number of furan rings is 1. The molecule has 2 heterocycles. The molecule has 2 aromatic heterocycles. The van der Waals surface area contributed by atoms with Gasteiger partial charge < -0.3 is 20.4 Å². The Balaban J connectivity index is 1.63. The molecule has 1 atom stereocenters. The smallest absolute Gasteiger partial charge is 0.313 e. The Kier molecular flexibility index (Phi) is 6.31. The lowest BCUT2D eigenvalue weighted by molar-refractivity contribution is -0.136. The molecular formula is C21H23N5O4. The van der Waals surface area contributed by atoms with Gasteiger partial charge in [0.25, 0.3) is 0 Å². The summed E-state index contributed by atoms with van der Waals surface area (Å²) in [6.07, 6.45) is 1.55. The van der Waals surface area contributed by atoms with Gasteiger partial charge in [0.2, 0.25) is 5.91 Å². The lowest BCUT2D eigenvalue weighted by atomic mass is 10.2. The number of carbonyl (C=O) groups excluding carboxylic acids is 3. The normalized spacial score (nSPS) is 11.6. The second-order valence-corrected chi connectivity index (χ2v) is 6.83. The molecule has 9 nitrogen and oxygen atoms in total. The van der Waals surface area contributed by atoms with Gasteiger partial charge in [0.05, 0.1) is 12.0 Å². The third-order valence-electron chi connectivity index (χ3n) is 4.34. The van der Waals surface area contributed by atoms with Gasteiger partial charge in [0, 0.05) is 30.5 Å². The van der Waals surface area contributed by atoms with E-state index in [-0.39, 0.29) is 18.5 Å². The molecule has 0 spiro atoms. The maximum Gasteiger partial charge on any atom is 0.313 e. The van der Waals surface area contributed by atoms with Crippen LogP contribution in [0.1, 0.15) is 30.1 Å². The molecule has 1 unspecified atom stereocenters. The molecule has 0 saturated carbocycles. The van der Waals surface area contributed by atoms with Crippen LogP contribution in [0.5, 0.6) is 0 Å². The number of nitrogens with one attached hydrogen (secondary N) is 3. The molecule has 0 saturated heterocycles. The highest BCUT2D eigenvalue weighted by molar-refractivity contribution is 6.39. The van der Waals surface area contributed by atoms with Gasteiger partial charge in [0.1, 0.15) is 11.8 Å². The van der Waals surface area contributed by atoms with Crippen LogP contribution < -0.4 is 16.0 Å². The number of aromatic nitrogens is 2. The van der Waals surface area contributed by atoms with E-state index >= 15 is 0 Å². The molecule has 3 amide bonds. The summed E-state index contributed by atoms with van der Waals surface area (Å²) in [5.74, 6) is -1.15. The molecule has 3 rings (SSSR count). The molecular weight excluding hydrogens is 386 g/mol. The van der Waals surface area contributed by atoms with E-state index in [2.05, 4.69) is 21.0 Å². The highest BCUT2D eigenvalue weighted by atomic mass is 16.3. The van der Waals surface area contributed by atoms with Crippen LogP contribution in [0.4, 0.5) is 11.4 Å². The van der Waals surface area contributed by atoms with Gasteiger partial charge >= 0.3 is 11.8 Å². The quantitative estimate of drug-likeness (QED) is 0.540. The third-order valence-corrected chi connectivity index (χ3v) is 4.34. The molecule has 3 aromatic rings. The van der Waals surface area contributed by atoms with Gasteiger partial charge in [-0.05, 0) is 56.3 Å². The third kappa shape index (κ3) is 5.13. The summed E-state index contributed by atoms with van der Waals surface area (Å²) in [5.41, 5.74) is 2.78. The predicted molar refractivity (Wildman–Crippen MR) is 111 cm³/mol. The lowest BCUT2D eigenvalue weighted by Crippen LogP contribution is -2.39. The number of amides is 3. The monoisotopic (exact) mass is 409 g/mol. The molecule has 9 heteroatoms. The average Bonchev–Trinajstić information content (AvgIpc) is 3.33. The fourth-order valence-corrected chi connectivity index (χ4v) is 3.05. The number of hydrogen-bond acceptors (Lipinski definition) is 5. The van der Waals surface area contributed by atoms with Crippen molar-refractivity contribution in [1.82, 2.24) is 15.1 Å². The fourth-order valence-electron chi connectivity index (χ4n) is 3.05. The zero-order chi connectivity index (χ0) is 21.7. The minimum absolute atomic E-state index is 0.128. The Morgan fingerprint density at radius 3 is 2.23 bits per heavy atom. The van der Waals surface area contributed by atoms with Crippen LogP contribution in [0, 0.1) is 13.8 Å². The first-order chi connectivity index (χ1) is 14.3. The highest BCUT2D eigenvalue weighted by Gasteiger charge is 2.22. The van der Waals surface area contributed by atoms with Crippen LogP contribution in [0.15, 0.2) is 53.1 Å². The second-order valence-electron chi connectivity index (χ2n) is 6.83. The van der Waals surface area contributed by atoms with E-state index in [1.165, 1.54) is 6.92 Å². The summed E-state index contributed by atoms with van der Waals surface area (Å²) < 4.78 is 7.26.